The normalized spacial score (nSPS) is 10.6. The number of aryl methyl sites for hydroxylation is 1. The first kappa shape index (κ1) is 12.4. The second kappa shape index (κ2) is 4.69. The van der Waals surface area contributed by atoms with Crippen molar-refractivity contribution in [3.05, 3.63) is 50.7 Å². The van der Waals surface area contributed by atoms with E-state index in [4.69, 9.17) is 34.8 Å². The van der Waals surface area contributed by atoms with Crippen LogP contribution in [0.4, 0.5) is 0 Å². The average Bonchev–Trinajstić information content (AvgIpc) is 2.58. The lowest BCUT2D eigenvalue weighted by Crippen LogP contribution is -2.09. The number of nitrogens with zero attached hydrogens (tertiary/aromatic N) is 2. The average molecular weight is 290 g/mol. The molecule has 0 aliphatic rings. The number of carbonyl (C=O) groups excluding carboxylic acids is 1. The molecule has 88 valence electrons. The van der Waals surface area contributed by atoms with Crippen LogP contribution in [-0.4, -0.2) is 15.6 Å². The van der Waals surface area contributed by atoms with Crippen LogP contribution in [0, 0.1) is 0 Å². The minimum Gasteiger partial charge on any atom is -0.287 e. The molecule has 2 aromatic rings. The predicted octanol–water partition coefficient (Wildman–Crippen LogP) is 3.61. The van der Waals surface area contributed by atoms with Crippen molar-refractivity contribution in [3.8, 4) is 0 Å². The van der Waals surface area contributed by atoms with E-state index < -0.39 is 0 Å². The third-order valence-electron chi connectivity index (χ3n) is 2.28. The summed E-state index contributed by atoms with van der Waals surface area (Å²) in [6, 6.07) is 4.68. The molecule has 1 heterocycles. The van der Waals surface area contributed by atoms with Crippen molar-refractivity contribution in [2.45, 2.75) is 0 Å². The second-order valence-electron chi connectivity index (χ2n) is 3.42. The molecule has 0 saturated heterocycles. The minimum absolute atomic E-state index is 0.281. The first-order valence-electron chi connectivity index (χ1n) is 4.68. The quantitative estimate of drug-likeness (QED) is 0.792. The van der Waals surface area contributed by atoms with Crippen LogP contribution in [0.3, 0.4) is 0 Å². The highest BCUT2D eigenvalue weighted by Crippen LogP contribution is 2.25. The third-order valence-corrected chi connectivity index (χ3v) is 3.11. The van der Waals surface area contributed by atoms with E-state index in [0.29, 0.717) is 26.3 Å². The smallest absolute Gasteiger partial charge is 0.214 e. The summed E-state index contributed by atoms with van der Waals surface area (Å²) >= 11 is 17.6. The van der Waals surface area contributed by atoms with Crippen molar-refractivity contribution >= 4 is 40.6 Å². The SMILES string of the molecule is Cn1ncc(Cl)c1C(=O)c1ccc(Cl)cc1Cl. The number of benzene rings is 1. The molecule has 17 heavy (non-hydrogen) atoms. The van der Waals surface area contributed by atoms with Crippen molar-refractivity contribution in [2.75, 3.05) is 0 Å². The van der Waals surface area contributed by atoms with E-state index in [1.54, 1.807) is 19.2 Å². The van der Waals surface area contributed by atoms with Crippen molar-refractivity contribution in [1.29, 1.82) is 0 Å². The fourth-order valence-corrected chi connectivity index (χ4v) is 2.21. The molecule has 0 saturated carbocycles. The largest absolute Gasteiger partial charge is 0.287 e. The van der Waals surface area contributed by atoms with Gasteiger partial charge in [0.05, 0.1) is 16.2 Å². The molecule has 0 bridgehead atoms. The lowest BCUT2D eigenvalue weighted by Gasteiger charge is -2.05. The Balaban J connectivity index is 2.51. The third kappa shape index (κ3) is 2.32. The van der Waals surface area contributed by atoms with Gasteiger partial charge in [0.15, 0.2) is 0 Å². The van der Waals surface area contributed by atoms with Crippen molar-refractivity contribution < 1.29 is 4.79 Å². The fourth-order valence-electron chi connectivity index (χ4n) is 1.47. The lowest BCUT2D eigenvalue weighted by atomic mass is 10.1. The Morgan fingerprint density at radius 1 is 1.24 bits per heavy atom. The van der Waals surface area contributed by atoms with Gasteiger partial charge in [-0.2, -0.15) is 5.10 Å². The zero-order valence-corrected chi connectivity index (χ0v) is 11.0. The Labute approximate surface area is 113 Å². The lowest BCUT2D eigenvalue weighted by molar-refractivity contribution is 0.103. The van der Waals surface area contributed by atoms with Gasteiger partial charge in [0.1, 0.15) is 5.69 Å². The number of hydrogen-bond donors (Lipinski definition) is 0. The number of carbonyl (C=O) groups is 1. The van der Waals surface area contributed by atoms with Gasteiger partial charge in [0, 0.05) is 17.6 Å². The molecule has 0 fully saturated rings. The Morgan fingerprint density at radius 3 is 2.47 bits per heavy atom. The van der Waals surface area contributed by atoms with Gasteiger partial charge in [-0.05, 0) is 18.2 Å². The van der Waals surface area contributed by atoms with E-state index in [9.17, 15) is 4.79 Å². The standard InChI is InChI=1S/C11H7Cl3N2O/c1-16-10(9(14)5-15-16)11(17)7-3-2-6(12)4-8(7)13/h2-5H,1H3. The molecule has 0 spiro atoms. The van der Waals surface area contributed by atoms with Gasteiger partial charge >= 0.3 is 0 Å². The van der Waals surface area contributed by atoms with Crippen molar-refractivity contribution in [3.63, 3.8) is 0 Å². The summed E-state index contributed by atoms with van der Waals surface area (Å²) < 4.78 is 1.41. The summed E-state index contributed by atoms with van der Waals surface area (Å²) in [5, 5.41) is 4.97. The Bertz CT molecular complexity index is 573. The molecule has 0 atom stereocenters. The van der Waals surface area contributed by atoms with Gasteiger partial charge in [-0.15, -0.1) is 0 Å². The molecule has 1 aromatic heterocycles. The fraction of sp³-hybridized carbons (Fsp3) is 0.0909. The van der Waals surface area contributed by atoms with Gasteiger partial charge in [-0.25, -0.2) is 0 Å². The van der Waals surface area contributed by atoms with E-state index in [1.807, 2.05) is 0 Å². The second-order valence-corrected chi connectivity index (χ2v) is 4.67. The first-order valence-corrected chi connectivity index (χ1v) is 5.81. The van der Waals surface area contributed by atoms with Gasteiger partial charge in [0.2, 0.25) is 5.78 Å². The molecule has 0 aliphatic carbocycles. The molecule has 0 amide bonds. The maximum absolute atomic E-state index is 12.2. The van der Waals surface area contributed by atoms with Crippen LogP contribution in [-0.2, 0) is 7.05 Å². The van der Waals surface area contributed by atoms with Crippen molar-refractivity contribution in [1.82, 2.24) is 9.78 Å². The van der Waals surface area contributed by atoms with E-state index in [2.05, 4.69) is 5.10 Å². The topological polar surface area (TPSA) is 34.9 Å². The maximum atomic E-state index is 12.2. The molecule has 0 aliphatic heterocycles. The predicted molar refractivity (Wildman–Crippen MR) is 68.1 cm³/mol. The first-order chi connectivity index (χ1) is 8.00. The minimum atomic E-state index is -0.281. The summed E-state index contributed by atoms with van der Waals surface area (Å²) in [5.74, 6) is -0.281. The van der Waals surface area contributed by atoms with Crippen LogP contribution in [0.2, 0.25) is 15.1 Å². The van der Waals surface area contributed by atoms with Crippen molar-refractivity contribution in [2.24, 2.45) is 7.05 Å². The Hall–Kier alpha value is -1.03. The van der Waals surface area contributed by atoms with Gasteiger partial charge in [0.25, 0.3) is 0 Å². The number of hydrogen-bond acceptors (Lipinski definition) is 2. The molecule has 0 unspecified atom stereocenters. The highest BCUT2D eigenvalue weighted by Gasteiger charge is 2.19. The van der Waals surface area contributed by atoms with E-state index in [1.165, 1.54) is 16.9 Å². The Kier molecular flexibility index (Phi) is 3.43. The van der Waals surface area contributed by atoms with Gasteiger partial charge in [-0.1, -0.05) is 34.8 Å². The molecule has 1 aromatic carbocycles. The summed E-state index contributed by atoms with van der Waals surface area (Å²) in [4.78, 5) is 12.2. The Morgan fingerprint density at radius 2 is 1.94 bits per heavy atom. The van der Waals surface area contributed by atoms with E-state index >= 15 is 0 Å². The molecular formula is C11H7Cl3N2O. The molecular weight excluding hydrogens is 282 g/mol. The number of rotatable bonds is 2. The number of aromatic nitrogens is 2. The van der Waals surface area contributed by atoms with Crippen LogP contribution in [0.25, 0.3) is 0 Å². The zero-order chi connectivity index (χ0) is 12.6. The van der Waals surface area contributed by atoms with E-state index in [0.717, 1.165) is 0 Å². The summed E-state index contributed by atoms with van der Waals surface area (Å²) in [7, 11) is 1.64. The molecule has 6 heteroatoms. The number of halogens is 3. The van der Waals surface area contributed by atoms with Crippen LogP contribution >= 0.6 is 34.8 Å². The summed E-state index contributed by atoms with van der Waals surface area (Å²) in [5.41, 5.74) is 0.650. The van der Waals surface area contributed by atoms with Gasteiger partial charge in [-0.3, -0.25) is 9.48 Å². The molecule has 3 nitrogen and oxygen atoms in total. The summed E-state index contributed by atoms with van der Waals surface area (Å²) in [6.45, 7) is 0. The van der Waals surface area contributed by atoms with Gasteiger partial charge < -0.3 is 0 Å². The highest BCUT2D eigenvalue weighted by molar-refractivity contribution is 6.39. The number of ketones is 1. The van der Waals surface area contributed by atoms with Crippen LogP contribution in [0.15, 0.2) is 24.4 Å². The van der Waals surface area contributed by atoms with Crippen LogP contribution in [0.5, 0.6) is 0 Å². The zero-order valence-electron chi connectivity index (χ0n) is 8.75. The highest BCUT2D eigenvalue weighted by atomic mass is 35.5. The van der Waals surface area contributed by atoms with Crippen LogP contribution in [0.1, 0.15) is 16.1 Å². The monoisotopic (exact) mass is 288 g/mol. The van der Waals surface area contributed by atoms with Crippen LogP contribution < -0.4 is 0 Å². The summed E-state index contributed by atoms with van der Waals surface area (Å²) in [6.07, 6.45) is 1.42. The molecule has 2 rings (SSSR count). The van der Waals surface area contributed by atoms with E-state index in [-0.39, 0.29) is 5.78 Å². The maximum Gasteiger partial charge on any atom is 0.214 e. The molecule has 0 N–H and O–H groups in total. The molecule has 0 radical (unpaired) electrons.